The first-order chi connectivity index (χ1) is 7.54. The lowest BCUT2D eigenvalue weighted by atomic mass is 9.94. The maximum Gasteiger partial charge on any atom is 0.0360 e. The average molecular weight is 217 g/mol. The van der Waals surface area contributed by atoms with E-state index in [4.69, 9.17) is 0 Å². The molecule has 1 aromatic carbocycles. The minimum Gasteiger partial charge on any atom is -0.310 e. The van der Waals surface area contributed by atoms with E-state index in [1.165, 1.54) is 22.3 Å². The molecule has 1 atom stereocenters. The first kappa shape index (κ1) is 13.0. The van der Waals surface area contributed by atoms with Gasteiger partial charge in [-0.2, -0.15) is 0 Å². The monoisotopic (exact) mass is 217 g/mol. The Hall–Kier alpha value is -1.08. The normalized spacial score (nSPS) is 12.5. The Labute approximate surface area is 99.6 Å². The molecule has 0 spiro atoms. The van der Waals surface area contributed by atoms with Crippen LogP contribution < -0.4 is 5.32 Å². The van der Waals surface area contributed by atoms with Crippen LogP contribution in [0.4, 0.5) is 0 Å². The van der Waals surface area contributed by atoms with E-state index in [-0.39, 0.29) is 0 Å². The van der Waals surface area contributed by atoms with Gasteiger partial charge >= 0.3 is 0 Å². The Balaban J connectivity index is 2.99. The van der Waals surface area contributed by atoms with Gasteiger partial charge in [0, 0.05) is 6.04 Å². The molecule has 0 aromatic heterocycles. The molecule has 0 heterocycles. The van der Waals surface area contributed by atoms with Crippen molar-refractivity contribution in [3.63, 3.8) is 0 Å². The molecule has 0 saturated carbocycles. The van der Waals surface area contributed by atoms with Gasteiger partial charge in [0.15, 0.2) is 0 Å². The summed E-state index contributed by atoms with van der Waals surface area (Å²) in [6.45, 7) is 13.6. The molecule has 1 unspecified atom stereocenters. The molecule has 1 rings (SSSR count). The molecule has 0 radical (unpaired) electrons. The second-order valence-corrected chi connectivity index (χ2v) is 4.63. The molecule has 0 saturated heterocycles. The lowest BCUT2D eigenvalue weighted by molar-refractivity contribution is 0.545. The SMILES string of the molecule is C=C(C)CC(NCC)c1cc(C)ccc1C. The molecule has 0 aliphatic heterocycles. The van der Waals surface area contributed by atoms with Gasteiger partial charge in [-0.25, -0.2) is 0 Å². The summed E-state index contributed by atoms with van der Waals surface area (Å²) < 4.78 is 0. The van der Waals surface area contributed by atoms with E-state index in [1.54, 1.807) is 0 Å². The van der Waals surface area contributed by atoms with Crippen molar-refractivity contribution in [1.29, 1.82) is 0 Å². The van der Waals surface area contributed by atoms with Crippen LogP contribution in [0.2, 0.25) is 0 Å². The van der Waals surface area contributed by atoms with Crippen LogP contribution >= 0.6 is 0 Å². The fourth-order valence-electron chi connectivity index (χ4n) is 2.02. The molecule has 1 heteroatoms. The van der Waals surface area contributed by atoms with Gasteiger partial charge in [-0.05, 0) is 44.9 Å². The van der Waals surface area contributed by atoms with Gasteiger partial charge in [-0.3, -0.25) is 0 Å². The minimum atomic E-state index is 0.405. The molecule has 0 fully saturated rings. The van der Waals surface area contributed by atoms with Crippen LogP contribution in [0.3, 0.4) is 0 Å². The molecular formula is C15H23N. The summed E-state index contributed by atoms with van der Waals surface area (Å²) >= 11 is 0. The number of benzene rings is 1. The average Bonchev–Trinajstić information content (AvgIpc) is 2.20. The number of hydrogen-bond donors (Lipinski definition) is 1. The van der Waals surface area contributed by atoms with Gasteiger partial charge in [0.25, 0.3) is 0 Å². The fourth-order valence-corrected chi connectivity index (χ4v) is 2.02. The third kappa shape index (κ3) is 3.49. The number of nitrogens with one attached hydrogen (secondary N) is 1. The first-order valence-corrected chi connectivity index (χ1v) is 5.99. The van der Waals surface area contributed by atoms with Gasteiger partial charge in [0.2, 0.25) is 0 Å². The van der Waals surface area contributed by atoms with Gasteiger partial charge in [-0.1, -0.05) is 36.3 Å². The molecule has 88 valence electrons. The molecule has 0 bridgehead atoms. The highest BCUT2D eigenvalue weighted by Gasteiger charge is 2.12. The van der Waals surface area contributed by atoms with Gasteiger partial charge in [0.05, 0.1) is 0 Å². The summed E-state index contributed by atoms with van der Waals surface area (Å²) in [7, 11) is 0. The first-order valence-electron chi connectivity index (χ1n) is 5.99. The van der Waals surface area contributed by atoms with Gasteiger partial charge < -0.3 is 5.32 Å². The highest BCUT2D eigenvalue weighted by molar-refractivity contribution is 5.33. The molecule has 0 aliphatic carbocycles. The van der Waals surface area contributed by atoms with E-state index in [0.717, 1.165) is 13.0 Å². The molecule has 0 aliphatic rings. The van der Waals surface area contributed by atoms with Crippen LogP contribution in [0.1, 0.15) is 43.0 Å². The predicted octanol–water partition coefficient (Wildman–Crippen LogP) is 3.92. The summed E-state index contributed by atoms with van der Waals surface area (Å²) in [6, 6.07) is 7.06. The molecule has 1 N–H and O–H groups in total. The van der Waals surface area contributed by atoms with Crippen molar-refractivity contribution >= 4 is 0 Å². The second kappa shape index (κ2) is 5.86. The fraction of sp³-hybridized carbons (Fsp3) is 0.467. The molecular weight excluding hydrogens is 194 g/mol. The topological polar surface area (TPSA) is 12.0 Å². The van der Waals surface area contributed by atoms with Crippen molar-refractivity contribution in [1.82, 2.24) is 5.32 Å². The van der Waals surface area contributed by atoms with Crippen LogP contribution in [0.25, 0.3) is 0 Å². The van der Waals surface area contributed by atoms with Crippen molar-refractivity contribution in [2.45, 2.75) is 40.2 Å². The smallest absolute Gasteiger partial charge is 0.0360 e. The Morgan fingerprint density at radius 2 is 2.06 bits per heavy atom. The molecule has 1 nitrogen and oxygen atoms in total. The summed E-state index contributed by atoms with van der Waals surface area (Å²) in [5, 5.41) is 3.54. The van der Waals surface area contributed by atoms with E-state index in [0.29, 0.717) is 6.04 Å². The maximum atomic E-state index is 4.01. The van der Waals surface area contributed by atoms with Gasteiger partial charge in [-0.15, -0.1) is 6.58 Å². The van der Waals surface area contributed by atoms with Crippen molar-refractivity contribution in [2.24, 2.45) is 0 Å². The molecule has 0 amide bonds. The predicted molar refractivity (Wildman–Crippen MR) is 71.8 cm³/mol. The molecule has 16 heavy (non-hydrogen) atoms. The van der Waals surface area contributed by atoms with Crippen molar-refractivity contribution < 1.29 is 0 Å². The summed E-state index contributed by atoms with van der Waals surface area (Å²) in [4.78, 5) is 0. The molecule has 1 aromatic rings. The summed E-state index contributed by atoms with van der Waals surface area (Å²) in [5.41, 5.74) is 5.32. The van der Waals surface area contributed by atoms with Crippen LogP contribution in [-0.2, 0) is 0 Å². The third-order valence-corrected chi connectivity index (χ3v) is 2.81. The van der Waals surface area contributed by atoms with Crippen molar-refractivity contribution in [2.75, 3.05) is 6.54 Å². The maximum absolute atomic E-state index is 4.01. The number of aryl methyl sites for hydroxylation is 2. The van der Waals surface area contributed by atoms with E-state index in [9.17, 15) is 0 Å². The van der Waals surface area contributed by atoms with Gasteiger partial charge in [0.1, 0.15) is 0 Å². The largest absolute Gasteiger partial charge is 0.310 e. The van der Waals surface area contributed by atoms with E-state index >= 15 is 0 Å². The summed E-state index contributed by atoms with van der Waals surface area (Å²) in [6.07, 6.45) is 1.01. The van der Waals surface area contributed by atoms with E-state index < -0.39 is 0 Å². The zero-order valence-corrected chi connectivity index (χ0v) is 10.9. The highest BCUT2D eigenvalue weighted by Crippen LogP contribution is 2.24. The van der Waals surface area contributed by atoms with Crippen molar-refractivity contribution in [3.8, 4) is 0 Å². The quantitative estimate of drug-likeness (QED) is 0.737. The van der Waals surface area contributed by atoms with Crippen molar-refractivity contribution in [3.05, 3.63) is 47.0 Å². The Bertz CT molecular complexity index is 366. The van der Waals surface area contributed by atoms with E-state index in [1.807, 2.05) is 0 Å². The summed E-state index contributed by atoms with van der Waals surface area (Å²) in [5.74, 6) is 0. The lowest BCUT2D eigenvalue weighted by Crippen LogP contribution is -2.22. The minimum absolute atomic E-state index is 0.405. The van der Waals surface area contributed by atoms with Crippen LogP contribution in [0.5, 0.6) is 0 Å². The van der Waals surface area contributed by atoms with E-state index in [2.05, 4.69) is 57.8 Å². The van der Waals surface area contributed by atoms with Crippen LogP contribution in [0.15, 0.2) is 30.4 Å². The zero-order valence-electron chi connectivity index (χ0n) is 10.9. The highest BCUT2D eigenvalue weighted by atomic mass is 14.9. The number of rotatable bonds is 5. The lowest BCUT2D eigenvalue weighted by Gasteiger charge is -2.21. The Morgan fingerprint density at radius 1 is 1.38 bits per heavy atom. The standard InChI is InChI=1S/C15H23N/c1-6-16-15(9-11(2)3)14-10-12(4)7-8-13(14)5/h7-8,10,15-16H,2,6,9H2,1,3-5H3. The third-order valence-electron chi connectivity index (χ3n) is 2.81. The Morgan fingerprint density at radius 3 is 2.62 bits per heavy atom. The van der Waals surface area contributed by atoms with Crippen LogP contribution in [0, 0.1) is 13.8 Å². The second-order valence-electron chi connectivity index (χ2n) is 4.63. The number of hydrogen-bond acceptors (Lipinski definition) is 1. The zero-order chi connectivity index (χ0) is 12.1. The Kier molecular flexibility index (Phi) is 4.75. The van der Waals surface area contributed by atoms with Crippen LogP contribution in [-0.4, -0.2) is 6.54 Å².